The lowest BCUT2D eigenvalue weighted by atomic mass is 9.68. The molecule has 4 aromatic carbocycles. The van der Waals surface area contributed by atoms with E-state index in [1.54, 1.807) is 26.0 Å². The number of aryl methyl sites for hydroxylation is 1. The summed E-state index contributed by atoms with van der Waals surface area (Å²) in [4.78, 5) is 0. The molecule has 0 radical (unpaired) electrons. The maximum absolute atomic E-state index is 16.3. The summed E-state index contributed by atoms with van der Waals surface area (Å²) in [7, 11) is 0. The van der Waals surface area contributed by atoms with Crippen molar-refractivity contribution < 1.29 is 44.3 Å². The van der Waals surface area contributed by atoms with Crippen LogP contribution in [0.5, 0.6) is 5.75 Å². The second kappa shape index (κ2) is 14.6. The Bertz CT molecular complexity index is 1980. The lowest BCUT2D eigenvalue weighted by Crippen LogP contribution is -2.50. The third kappa shape index (κ3) is 7.03. The van der Waals surface area contributed by atoms with Crippen LogP contribution in [0.3, 0.4) is 0 Å². The lowest BCUT2D eigenvalue weighted by molar-refractivity contribution is -0.233. The molecule has 4 aromatic rings. The van der Waals surface area contributed by atoms with E-state index in [1.807, 2.05) is 6.92 Å². The Kier molecular flexibility index (Phi) is 10.9. The Morgan fingerprint density at radius 3 is 1.75 bits per heavy atom. The Balaban J connectivity index is 1.47. The molecule has 1 aliphatic rings. The first-order valence-electron chi connectivity index (χ1n) is 17.3. The van der Waals surface area contributed by atoms with Crippen molar-refractivity contribution in [3.63, 3.8) is 0 Å². The maximum Gasteiger partial charge on any atom is 0.407 e. The second-order valence-corrected chi connectivity index (χ2v) is 13.7. The average Bonchev–Trinajstić information content (AvgIpc) is 3.83. The van der Waals surface area contributed by atoms with Gasteiger partial charge in [0.15, 0.2) is 17.5 Å². The zero-order valence-corrected chi connectivity index (χ0v) is 29.5. The van der Waals surface area contributed by atoms with Gasteiger partial charge in [0.05, 0.1) is 5.41 Å². The van der Waals surface area contributed by atoms with Gasteiger partial charge in [-0.15, -0.1) is 0 Å². The van der Waals surface area contributed by atoms with Crippen LogP contribution in [0.2, 0.25) is 0 Å². The topological polar surface area (TPSA) is 9.23 Å². The van der Waals surface area contributed by atoms with Gasteiger partial charge in [-0.05, 0) is 117 Å². The molecule has 0 heterocycles. The van der Waals surface area contributed by atoms with E-state index in [4.69, 9.17) is 4.74 Å². The van der Waals surface area contributed by atoms with Crippen LogP contribution in [-0.2, 0) is 17.3 Å². The molecule has 10 heteroatoms. The first-order chi connectivity index (χ1) is 24.5. The van der Waals surface area contributed by atoms with Crippen LogP contribution in [0, 0.1) is 58.0 Å². The van der Waals surface area contributed by atoms with Crippen molar-refractivity contribution >= 4 is 0 Å². The molecule has 0 aliphatic heterocycles. The predicted octanol–water partition coefficient (Wildman–Crippen LogP) is 12.5. The Morgan fingerprint density at radius 1 is 0.654 bits per heavy atom. The molecule has 276 valence electrons. The summed E-state index contributed by atoms with van der Waals surface area (Å²) < 4.78 is 142. The number of hydrogen-bond donors (Lipinski definition) is 0. The van der Waals surface area contributed by atoms with Crippen LogP contribution in [-0.4, -0.2) is 6.11 Å². The fourth-order valence-corrected chi connectivity index (χ4v) is 7.39. The van der Waals surface area contributed by atoms with Gasteiger partial charge < -0.3 is 4.74 Å². The molecule has 0 aromatic heterocycles. The van der Waals surface area contributed by atoms with Gasteiger partial charge in [-0.3, -0.25) is 0 Å². The van der Waals surface area contributed by atoms with Gasteiger partial charge in [-0.25, -0.2) is 30.7 Å². The molecule has 0 fully saturated rings. The van der Waals surface area contributed by atoms with E-state index in [9.17, 15) is 13.2 Å². The molecular formula is C42H39F9O. The normalized spacial score (nSPS) is 13.9. The highest BCUT2D eigenvalue weighted by atomic mass is 19.3. The van der Waals surface area contributed by atoms with Crippen molar-refractivity contribution in [2.24, 2.45) is 5.41 Å². The zero-order valence-electron chi connectivity index (χ0n) is 29.5. The molecule has 5 rings (SSSR count). The fourth-order valence-electron chi connectivity index (χ4n) is 7.39. The van der Waals surface area contributed by atoms with E-state index in [2.05, 4.69) is 11.8 Å². The highest BCUT2D eigenvalue weighted by Crippen LogP contribution is 2.50. The molecule has 0 atom stereocenters. The van der Waals surface area contributed by atoms with E-state index >= 15 is 26.3 Å². The van der Waals surface area contributed by atoms with Gasteiger partial charge in [0.1, 0.15) is 34.4 Å². The SMILES string of the molecule is CCC(CC)(c1cc(F)c(C(CC)(CC)C(F)(F)Oc2ccc(-c3cc(F)c(F)c(F)c3)c(F)c2)c(F)c1)c1ccc(CCCC2(C)C#C2)cc1F. The van der Waals surface area contributed by atoms with E-state index in [-0.39, 0.29) is 29.4 Å². The van der Waals surface area contributed by atoms with Crippen LogP contribution < -0.4 is 4.74 Å². The summed E-state index contributed by atoms with van der Waals surface area (Å²) in [6.07, 6.45) is -2.59. The van der Waals surface area contributed by atoms with E-state index < -0.39 is 92.9 Å². The number of benzene rings is 4. The van der Waals surface area contributed by atoms with Crippen molar-refractivity contribution in [3.05, 3.63) is 124 Å². The first-order valence-corrected chi connectivity index (χ1v) is 17.3. The van der Waals surface area contributed by atoms with Gasteiger partial charge in [0.2, 0.25) is 0 Å². The van der Waals surface area contributed by atoms with Crippen LogP contribution in [0.15, 0.2) is 60.7 Å². The lowest BCUT2D eigenvalue weighted by Gasteiger charge is -2.40. The van der Waals surface area contributed by atoms with E-state index in [1.165, 1.54) is 19.9 Å². The number of ether oxygens (including phenoxy) is 1. The van der Waals surface area contributed by atoms with Gasteiger partial charge in [-0.2, -0.15) is 8.78 Å². The number of rotatable bonds is 15. The molecule has 1 nitrogen and oxygen atoms in total. The maximum atomic E-state index is 16.3. The third-order valence-corrected chi connectivity index (χ3v) is 10.8. The monoisotopic (exact) mass is 730 g/mol. The number of alkyl halides is 2. The van der Waals surface area contributed by atoms with Crippen LogP contribution in [0.25, 0.3) is 11.1 Å². The zero-order chi connectivity index (χ0) is 38.2. The smallest absolute Gasteiger partial charge is 0.407 e. The first kappa shape index (κ1) is 38.8. The highest BCUT2D eigenvalue weighted by Gasteiger charge is 2.58. The van der Waals surface area contributed by atoms with Crippen LogP contribution in [0.4, 0.5) is 39.5 Å². The average molecular weight is 731 g/mol. The molecule has 0 saturated carbocycles. The van der Waals surface area contributed by atoms with Gasteiger partial charge >= 0.3 is 6.11 Å². The number of hydrogen-bond acceptors (Lipinski definition) is 1. The summed E-state index contributed by atoms with van der Waals surface area (Å²) in [6, 6.07) is 10.2. The van der Waals surface area contributed by atoms with E-state index in [0.717, 1.165) is 42.7 Å². The Hall–Kier alpha value is -4.39. The largest absolute Gasteiger partial charge is 0.432 e. The molecule has 0 spiro atoms. The van der Waals surface area contributed by atoms with Crippen molar-refractivity contribution in [2.45, 2.75) is 96.5 Å². The minimum absolute atomic E-state index is 0.0818. The fraction of sp³-hybridized carbons (Fsp3) is 0.381. The summed E-state index contributed by atoms with van der Waals surface area (Å²) >= 11 is 0. The second-order valence-electron chi connectivity index (χ2n) is 13.7. The van der Waals surface area contributed by atoms with E-state index in [0.29, 0.717) is 24.6 Å². The molecule has 0 amide bonds. The molecule has 52 heavy (non-hydrogen) atoms. The Labute approximate surface area is 298 Å². The molecule has 0 bridgehead atoms. The quantitative estimate of drug-likeness (QED) is 0.0672. The molecule has 0 unspecified atom stereocenters. The van der Waals surface area contributed by atoms with Crippen molar-refractivity contribution in [2.75, 3.05) is 0 Å². The van der Waals surface area contributed by atoms with Crippen LogP contribution in [0.1, 0.15) is 95.4 Å². The summed E-state index contributed by atoms with van der Waals surface area (Å²) in [5.74, 6) is -3.85. The third-order valence-electron chi connectivity index (χ3n) is 10.8. The van der Waals surface area contributed by atoms with Crippen molar-refractivity contribution in [1.29, 1.82) is 0 Å². The standard InChI is InChI=1S/C42H39F9O/c1-6-40(7-2,30-15-12-25(19-32(30)44)11-10-16-39(5)17-18-39)27-22-33(45)37(34(46)23-27)41(8-3,9-4)42(50,51)52-28-13-14-29(31(43)24-28)26-20-35(47)38(49)36(48)21-26/h12-15,19-24H,6-11,16H2,1-5H3. The molecular weight excluding hydrogens is 691 g/mol. The summed E-state index contributed by atoms with van der Waals surface area (Å²) in [5.41, 5.74) is -4.58. The minimum Gasteiger partial charge on any atom is -0.432 e. The summed E-state index contributed by atoms with van der Waals surface area (Å²) in [6.45, 7) is 8.16. The minimum atomic E-state index is -4.32. The summed E-state index contributed by atoms with van der Waals surface area (Å²) in [5, 5.41) is 0. The predicted molar refractivity (Wildman–Crippen MR) is 182 cm³/mol. The molecule has 1 aliphatic carbocycles. The van der Waals surface area contributed by atoms with Crippen molar-refractivity contribution in [3.8, 4) is 28.7 Å². The van der Waals surface area contributed by atoms with Crippen molar-refractivity contribution in [1.82, 2.24) is 0 Å². The molecule has 0 N–H and O–H groups in total. The number of halogens is 9. The van der Waals surface area contributed by atoms with Gasteiger partial charge in [0.25, 0.3) is 0 Å². The van der Waals surface area contributed by atoms with Gasteiger partial charge in [0, 0.05) is 22.6 Å². The van der Waals surface area contributed by atoms with Gasteiger partial charge in [-0.1, -0.05) is 51.7 Å². The Morgan fingerprint density at radius 2 is 1.25 bits per heavy atom. The van der Waals surface area contributed by atoms with Crippen LogP contribution >= 0.6 is 0 Å². The molecule has 0 saturated heterocycles. The highest BCUT2D eigenvalue weighted by molar-refractivity contribution is 5.65.